The number of fused-ring (bicyclic) bond motifs is 1. The Bertz CT molecular complexity index is 1460. The monoisotopic (exact) mass is 477 g/mol. The van der Waals surface area contributed by atoms with Crippen LogP contribution in [-0.2, 0) is 4.79 Å². The van der Waals surface area contributed by atoms with Gasteiger partial charge >= 0.3 is 0 Å². The lowest BCUT2D eigenvalue weighted by Gasteiger charge is -2.25. The molecule has 0 spiro atoms. The van der Waals surface area contributed by atoms with Gasteiger partial charge in [-0.25, -0.2) is 0 Å². The van der Waals surface area contributed by atoms with Crippen LogP contribution in [0.2, 0.25) is 5.02 Å². The fraction of sp³-hybridized carbons (Fsp3) is 0.154. The molecular formula is C26H20ClNO6. The molecule has 0 aliphatic carbocycles. The first-order valence-electron chi connectivity index (χ1n) is 10.7. The second kappa shape index (κ2) is 8.43. The number of halogens is 1. The van der Waals surface area contributed by atoms with Crippen molar-refractivity contribution in [2.45, 2.75) is 19.9 Å². The Kier molecular flexibility index (Phi) is 5.42. The number of furan rings is 2. The molecule has 1 aliphatic heterocycles. The molecule has 2 aromatic heterocycles. The van der Waals surface area contributed by atoms with E-state index in [-0.39, 0.29) is 11.3 Å². The summed E-state index contributed by atoms with van der Waals surface area (Å²) in [5.74, 6) is -0.554. The summed E-state index contributed by atoms with van der Waals surface area (Å²) in [4.78, 5) is 28.2. The Balaban J connectivity index is 1.63. The molecule has 1 atom stereocenters. The molecule has 7 nitrogen and oxygen atoms in total. The lowest BCUT2D eigenvalue weighted by molar-refractivity contribution is -0.117. The van der Waals surface area contributed by atoms with Crippen LogP contribution in [0.25, 0.3) is 11.0 Å². The van der Waals surface area contributed by atoms with Gasteiger partial charge in [-0.2, -0.15) is 0 Å². The number of carbonyl (C=O) groups is 2. The van der Waals surface area contributed by atoms with E-state index in [1.54, 1.807) is 61.5 Å². The van der Waals surface area contributed by atoms with E-state index in [0.717, 1.165) is 0 Å². The van der Waals surface area contributed by atoms with Gasteiger partial charge in [0.2, 0.25) is 5.78 Å². The third kappa shape index (κ3) is 3.64. The van der Waals surface area contributed by atoms with Crippen molar-refractivity contribution in [3.63, 3.8) is 0 Å². The number of ether oxygens (including phenoxy) is 1. The maximum absolute atomic E-state index is 13.6. The molecule has 2 aromatic carbocycles. The molecule has 34 heavy (non-hydrogen) atoms. The first kappa shape index (κ1) is 21.9. The number of aliphatic hydroxyl groups is 1. The van der Waals surface area contributed by atoms with Crippen LogP contribution >= 0.6 is 11.6 Å². The molecule has 3 heterocycles. The van der Waals surface area contributed by atoms with Crippen molar-refractivity contribution in [3.05, 3.63) is 94.3 Å². The average molecular weight is 478 g/mol. The van der Waals surface area contributed by atoms with E-state index in [2.05, 4.69) is 0 Å². The lowest BCUT2D eigenvalue weighted by atomic mass is 9.99. The molecule has 0 saturated carbocycles. The van der Waals surface area contributed by atoms with Gasteiger partial charge in [0.15, 0.2) is 11.5 Å². The highest BCUT2D eigenvalue weighted by molar-refractivity contribution is 6.31. The van der Waals surface area contributed by atoms with Crippen molar-refractivity contribution in [1.29, 1.82) is 0 Å². The van der Waals surface area contributed by atoms with Crippen LogP contribution in [-0.4, -0.2) is 23.4 Å². The van der Waals surface area contributed by atoms with Crippen molar-refractivity contribution in [3.8, 4) is 5.75 Å². The smallest absolute Gasteiger partial charge is 0.294 e. The number of carbonyl (C=O) groups excluding carboxylic acids is 2. The van der Waals surface area contributed by atoms with Gasteiger partial charge < -0.3 is 18.7 Å². The van der Waals surface area contributed by atoms with Crippen LogP contribution in [0, 0.1) is 6.92 Å². The van der Waals surface area contributed by atoms with Gasteiger partial charge in [-0.15, -0.1) is 0 Å². The minimum absolute atomic E-state index is 0.0233. The van der Waals surface area contributed by atoms with E-state index in [1.807, 2.05) is 6.92 Å². The summed E-state index contributed by atoms with van der Waals surface area (Å²) in [6.45, 7) is 4.06. The number of ketones is 1. The third-order valence-corrected chi connectivity index (χ3v) is 5.83. The topological polar surface area (TPSA) is 93.1 Å². The number of anilines is 1. The molecule has 1 amide bonds. The minimum Gasteiger partial charge on any atom is -0.503 e. The molecule has 0 fully saturated rings. The second-order valence-electron chi connectivity index (χ2n) is 7.84. The second-order valence-corrected chi connectivity index (χ2v) is 8.28. The quantitative estimate of drug-likeness (QED) is 0.334. The first-order valence-corrected chi connectivity index (χ1v) is 11.0. The van der Waals surface area contributed by atoms with E-state index in [0.29, 0.717) is 45.6 Å². The van der Waals surface area contributed by atoms with Crippen molar-refractivity contribution >= 4 is 39.9 Å². The molecule has 172 valence electrons. The Labute approximate surface area is 199 Å². The Hall–Kier alpha value is -3.97. The fourth-order valence-electron chi connectivity index (χ4n) is 4.12. The Morgan fingerprint density at radius 2 is 1.94 bits per heavy atom. The van der Waals surface area contributed by atoms with Crippen LogP contribution in [0.3, 0.4) is 0 Å². The van der Waals surface area contributed by atoms with Gasteiger partial charge in [-0.05, 0) is 62.4 Å². The summed E-state index contributed by atoms with van der Waals surface area (Å²) >= 11 is 6.05. The highest BCUT2D eigenvalue weighted by Crippen LogP contribution is 2.43. The molecular weight excluding hydrogens is 458 g/mol. The summed E-state index contributed by atoms with van der Waals surface area (Å²) in [5, 5.41) is 12.0. The fourth-order valence-corrected chi connectivity index (χ4v) is 4.30. The predicted molar refractivity (Wildman–Crippen MR) is 126 cm³/mol. The van der Waals surface area contributed by atoms with Crippen LogP contribution in [0.4, 0.5) is 5.69 Å². The zero-order valence-electron chi connectivity index (χ0n) is 18.4. The first-order chi connectivity index (χ1) is 16.4. The van der Waals surface area contributed by atoms with E-state index in [9.17, 15) is 14.7 Å². The number of aryl methyl sites for hydroxylation is 1. The molecule has 4 aromatic rings. The zero-order valence-corrected chi connectivity index (χ0v) is 19.1. The zero-order chi connectivity index (χ0) is 24.0. The highest BCUT2D eigenvalue weighted by Gasteiger charge is 2.47. The molecule has 1 aliphatic rings. The highest BCUT2D eigenvalue weighted by atomic mass is 35.5. The number of hydrogen-bond acceptors (Lipinski definition) is 6. The molecule has 0 saturated heterocycles. The van der Waals surface area contributed by atoms with E-state index in [4.69, 9.17) is 25.2 Å². The molecule has 1 N–H and O–H groups in total. The number of aliphatic hydroxyl groups excluding tert-OH is 1. The van der Waals surface area contributed by atoms with Crippen LogP contribution in [0.5, 0.6) is 5.75 Å². The Morgan fingerprint density at radius 1 is 1.12 bits per heavy atom. The van der Waals surface area contributed by atoms with E-state index < -0.39 is 23.5 Å². The molecule has 8 heteroatoms. The van der Waals surface area contributed by atoms with Crippen LogP contribution < -0.4 is 9.64 Å². The van der Waals surface area contributed by atoms with Crippen molar-refractivity contribution in [2.75, 3.05) is 11.5 Å². The number of Topliss-reactive ketones (excluding diaryl/α,β-unsaturated/α-hetero) is 1. The lowest BCUT2D eigenvalue weighted by Crippen LogP contribution is -2.30. The Morgan fingerprint density at radius 3 is 2.68 bits per heavy atom. The molecule has 0 radical (unpaired) electrons. The number of benzene rings is 2. The van der Waals surface area contributed by atoms with E-state index in [1.165, 1.54) is 11.0 Å². The molecule has 5 rings (SSSR count). The normalized spacial score (nSPS) is 16.0. The standard InChI is InChI=1S/C26H20ClNO6/c1-3-32-18-6-4-5-17(13-18)28-23(20-9-7-14(2)33-20)22(25(30)26(28)31)24(29)21-12-15-11-16(27)8-10-19(15)34-21/h4-13,23,30H,3H2,1-2H3. The van der Waals surface area contributed by atoms with E-state index >= 15 is 0 Å². The number of rotatable bonds is 6. The maximum Gasteiger partial charge on any atom is 0.294 e. The van der Waals surface area contributed by atoms with Gasteiger partial charge in [0.05, 0.1) is 12.2 Å². The van der Waals surface area contributed by atoms with Crippen LogP contribution in [0.1, 0.15) is 35.0 Å². The number of hydrogen-bond donors (Lipinski definition) is 1. The third-order valence-electron chi connectivity index (χ3n) is 5.59. The van der Waals surface area contributed by atoms with Crippen LogP contribution in [0.15, 0.2) is 80.8 Å². The minimum atomic E-state index is -0.998. The summed E-state index contributed by atoms with van der Waals surface area (Å²) in [5.41, 5.74) is 0.774. The maximum atomic E-state index is 13.6. The number of nitrogens with zero attached hydrogens (tertiary/aromatic N) is 1. The van der Waals surface area contributed by atoms with Crippen molar-refractivity contribution < 1.29 is 28.3 Å². The summed E-state index contributed by atoms with van der Waals surface area (Å²) in [7, 11) is 0. The van der Waals surface area contributed by atoms with Gasteiger partial charge in [-0.1, -0.05) is 17.7 Å². The van der Waals surface area contributed by atoms with Crippen molar-refractivity contribution in [1.82, 2.24) is 0 Å². The number of amides is 1. The van der Waals surface area contributed by atoms with Gasteiger partial charge in [0.1, 0.15) is 28.9 Å². The van der Waals surface area contributed by atoms with Crippen molar-refractivity contribution in [2.24, 2.45) is 0 Å². The molecule has 1 unspecified atom stereocenters. The van der Waals surface area contributed by atoms with Gasteiger partial charge in [0, 0.05) is 22.2 Å². The summed E-state index contributed by atoms with van der Waals surface area (Å²) in [6.07, 6.45) is 0. The van der Waals surface area contributed by atoms with Gasteiger partial charge in [-0.3, -0.25) is 14.5 Å². The summed E-state index contributed by atoms with van der Waals surface area (Å²) in [6, 6.07) is 15.8. The predicted octanol–water partition coefficient (Wildman–Crippen LogP) is 6.17. The average Bonchev–Trinajstić information content (AvgIpc) is 3.50. The SMILES string of the molecule is CCOc1cccc(N2C(=O)C(O)=C(C(=O)c3cc4cc(Cl)ccc4o3)C2c2ccc(C)o2)c1. The summed E-state index contributed by atoms with van der Waals surface area (Å²) < 4.78 is 17.1. The largest absolute Gasteiger partial charge is 0.503 e. The molecule has 0 bridgehead atoms. The van der Waals surface area contributed by atoms with Gasteiger partial charge in [0.25, 0.3) is 5.91 Å².